The number of hydrogen-bond acceptors (Lipinski definition) is 2. The van der Waals surface area contributed by atoms with Gasteiger partial charge in [0, 0.05) is 5.69 Å². The molecule has 1 aromatic rings. The Morgan fingerprint density at radius 3 is 2.81 bits per heavy atom. The molecule has 0 aromatic heterocycles. The van der Waals surface area contributed by atoms with Crippen molar-refractivity contribution in [3.05, 3.63) is 28.2 Å². The highest BCUT2D eigenvalue weighted by atomic mass is 35.5. The van der Waals surface area contributed by atoms with Gasteiger partial charge in [-0.05, 0) is 37.6 Å². The van der Waals surface area contributed by atoms with Crippen LogP contribution in [-0.2, 0) is 4.79 Å². The molecular formula is C11H12Cl2N2O. The Hall–Kier alpha value is -0.770. The van der Waals surface area contributed by atoms with Gasteiger partial charge >= 0.3 is 0 Å². The molecule has 1 aliphatic heterocycles. The normalized spacial score (nSPS) is 19.8. The third-order valence-electron chi connectivity index (χ3n) is 2.56. The van der Waals surface area contributed by atoms with Crippen molar-refractivity contribution >= 4 is 34.8 Å². The number of rotatable bonds is 2. The van der Waals surface area contributed by atoms with Crippen molar-refractivity contribution in [1.82, 2.24) is 5.32 Å². The predicted molar refractivity (Wildman–Crippen MR) is 66.1 cm³/mol. The van der Waals surface area contributed by atoms with Crippen LogP contribution in [0.3, 0.4) is 0 Å². The molecule has 0 radical (unpaired) electrons. The lowest BCUT2D eigenvalue weighted by Gasteiger charge is -2.11. The lowest BCUT2D eigenvalue weighted by Crippen LogP contribution is -2.35. The van der Waals surface area contributed by atoms with Crippen molar-refractivity contribution in [2.75, 3.05) is 11.9 Å². The molecule has 3 nitrogen and oxygen atoms in total. The number of carbonyl (C=O) groups is 1. The van der Waals surface area contributed by atoms with Crippen molar-refractivity contribution in [3.8, 4) is 0 Å². The van der Waals surface area contributed by atoms with E-state index in [-0.39, 0.29) is 11.9 Å². The molecule has 1 amide bonds. The van der Waals surface area contributed by atoms with Crippen molar-refractivity contribution in [2.45, 2.75) is 18.9 Å². The second-order valence-corrected chi connectivity index (χ2v) is 4.58. The lowest BCUT2D eigenvalue weighted by molar-refractivity contribution is -0.117. The van der Waals surface area contributed by atoms with Gasteiger partial charge in [-0.2, -0.15) is 0 Å². The summed E-state index contributed by atoms with van der Waals surface area (Å²) in [5.74, 6) is -0.0177. The summed E-state index contributed by atoms with van der Waals surface area (Å²) in [6.07, 6.45) is 1.92. The SMILES string of the molecule is O=C(Nc1ccc(Cl)c(Cl)c1)[C@@H]1CCCN1. The molecule has 1 fully saturated rings. The fraction of sp³-hybridized carbons (Fsp3) is 0.364. The second-order valence-electron chi connectivity index (χ2n) is 3.77. The number of halogens is 2. The molecule has 0 spiro atoms. The summed E-state index contributed by atoms with van der Waals surface area (Å²) in [6.45, 7) is 0.902. The third-order valence-corrected chi connectivity index (χ3v) is 3.30. The zero-order valence-electron chi connectivity index (χ0n) is 8.59. The number of hydrogen-bond donors (Lipinski definition) is 2. The van der Waals surface area contributed by atoms with Crippen molar-refractivity contribution in [3.63, 3.8) is 0 Å². The summed E-state index contributed by atoms with van der Waals surface area (Å²) >= 11 is 11.6. The van der Waals surface area contributed by atoms with Crippen LogP contribution in [0, 0.1) is 0 Å². The van der Waals surface area contributed by atoms with Gasteiger partial charge in [0.2, 0.25) is 5.91 Å². The molecule has 86 valence electrons. The predicted octanol–water partition coefficient (Wildman–Crippen LogP) is 2.68. The van der Waals surface area contributed by atoms with Crippen LogP contribution >= 0.6 is 23.2 Å². The van der Waals surface area contributed by atoms with Crippen molar-refractivity contribution in [1.29, 1.82) is 0 Å². The quantitative estimate of drug-likeness (QED) is 0.857. The molecule has 1 atom stereocenters. The van der Waals surface area contributed by atoms with Gasteiger partial charge in [0.1, 0.15) is 0 Å². The van der Waals surface area contributed by atoms with Crippen LogP contribution in [0.25, 0.3) is 0 Å². The Morgan fingerprint density at radius 2 is 2.19 bits per heavy atom. The van der Waals surface area contributed by atoms with Gasteiger partial charge in [0.15, 0.2) is 0 Å². The van der Waals surface area contributed by atoms with Crippen LogP contribution in [0.4, 0.5) is 5.69 Å². The van der Waals surface area contributed by atoms with Gasteiger partial charge in [0.05, 0.1) is 16.1 Å². The highest BCUT2D eigenvalue weighted by Gasteiger charge is 2.21. The van der Waals surface area contributed by atoms with E-state index in [1.54, 1.807) is 18.2 Å². The zero-order valence-corrected chi connectivity index (χ0v) is 10.1. The molecule has 0 aliphatic carbocycles. The van der Waals surface area contributed by atoms with Gasteiger partial charge in [-0.3, -0.25) is 4.79 Å². The number of anilines is 1. The minimum atomic E-state index is -0.0885. The van der Waals surface area contributed by atoms with Crippen LogP contribution in [0.1, 0.15) is 12.8 Å². The van der Waals surface area contributed by atoms with E-state index >= 15 is 0 Å². The van der Waals surface area contributed by atoms with Crippen molar-refractivity contribution in [2.24, 2.45) is 0 Å². The first kappa shape index (κ1) is 11.7. The number of carbonyl (C=O) groups excluding carboxylic acids is 1. The summed E-state index contributed by atoms with van der Waals surface area (Å²) in [6, 6.07) is 4.97. The molecule has 2 rings (SSSR count). The Bertz CT molecular complexity index is 403. The molecule has 1 aliphatic rings. The van der Waals surface area contributed by atoms with Gasteiger partial charge in [-0.1, -0.05) is 23.2 Å². The van der Waals surface area contributed by atoms with E-state index in [0.717, 1.165) is 19.4 Å². The van der Waals surface area contributed by atoms with Gasteiger partial charge in [-0.25, -0.2) is 0 Å². The van der Waals surface area contributed by atoms with Crippen LogP contribution in [-0.4, -0.2) is 18.5 Å². The number of nitrogens with one attached hydrogen (secondary N) is 2. The first-order valence-corrected chi connectivity index (χ1v) is 5.92. The summed E-state index contributed by atoms with van der Waals surface area (Å²) in [5.41, 5.74) is 0.674. The van der Waals surface area contributed by atoms with E-state index in [1.165, 1.54) is 0 Å². The summed E-state index contributed by atoms with van der Waals surface area (Å²) < 4.78 is 0. The molecule has 0 saturated carbocycles. The van der Waals surface area contributed by atoms with Crippen LogP contribution in [0.5, 0.6) is 0 Å². The van der Waals surface area contributed by atoms with Crippen molar-refractivity contribution < 1.29 is 4.79 Å². The molecule has 0 unspecified atom stereocenters. The highest BCUT2D eigenvalue weighted by molar-refractivity contribution is 6.42. The zero-order chi connectivity index (χ0) is 11.5. The maximum absolute atomic E-state index is 11.8. The summed E-state index contributed by atoms with van der Waals surface area (Å²) in [7, 11) is 0. The first-order chi connectivity index (χ1) is 7.66. The lowest BCUT2D eigenvalue weighted by atomic mass is 10.2. The minimum absolute atomic E-state index is 0.0177. The van der Waals surface area contributed by atoms with Gasteiger partial charge in [-0.15, -0.1) is 0 Å². The smallest absolute Gasteiger partial charge is 0.241 e. The second kappa shape index (κ2) is 5.04. The minimum Gasteiger partial charge on any atom is -0.325 e. The molecule has 0 bridgehead atoms. The Labute approximate surface area is 104 Å². The Kier molecular flexibility index (Phi) is 3.69. The van der Waals surface area contributed by atoms with Gasteiger partial charge < -0.3 is 10.6 Å². The van der Waals surface area contributed by atoms with Crippen LogP contribution in [0.15, 0.2) is 18.2 Å². The molecule has 2 N–H and O–H groups in total. The fourth-order valence-corrected chi connectivity index (χ4v) is 2.01. The maximum Gasteiger partial charge on any atom is 0.241 e. The van der Waals surface area contributed by atoms with Crippen LogP contribution in [0.2, 0.25) is 10.0 Å². The van der Waals surface area contributed by atoms with E-state index in [2.05, 4.69) is 10.6 Å². The standard InChI is InChI=1S/C11H12Cl2N2O/c12-8-4-3-7(6-9(8)13)15-11(16)10-2-1-5-14-10/h3-4,6,10,14H,1-2,5H2,(H,15,16)/t10-/m0/s1. The van der Waals surface area contributed by atoms with E-state index in [0.29, 0.717) is 15.7 Å². The van der Waals surface area contributed by atoms with E-state index in [9.17, 15) is 4.79 Å². The molecule has 1 aromatic carbocycles. The topological polar surface area (TPSA) is 41.1 Å². The largest absolute Gasteiger partial charge is 0.325 e. The monoisotopic (exact) mass is 258 g/mol. The summed E-state index contributed by atoms with van der Waals surface area (Å²) in [5, 5.41) is 6.87. The number of amides is 1. The van der Waals surface area contributed by atoms with E-state index < -0.39 is 0 Å². The molecule has 16 heavy (non-hydrogen) atoms. The average Bonchev–Trinajstić information content (AvgIpc) is 2.77. The molecule has 1 heterocycles. The molecule has 1 saturated heterocycles. The molecular weight excluding hydrogens is 247 g/mol. The van der Waals surface area contributed by atoms with E-state index in [1.807, 2.05) is 0 Å². The Balaban J connectivity index is 2.02. The highest BCUT2D eigenvalue weighted by Crippen LogP contribution is 2.25. The summed E-state index contributed by atoms with van der Waals surface area (Å²) in [4.78, 5) is 11.8. The van der Waals surface area contributed by atoms with Crippen LogP contribution < -0.4 is 10.6 Å². The fourth-order valence-electron chi connectivity index (χ4n) is 1.71. The van der Waals surface area contributed by atoms with Gasteiger partial charge in [0.25, 0.3) is 0 Å². The Morgan fingerprint density at radius 1 is 1.38 bits per heavy atom. The average molecular weight is 259 g/mol. The first-order valence-electron chi connectivity index (χ1n) is 5.16. The van der Waals surface area contributed by atoms with E-state index in [4.69, 9.17) is 23.2 Å². The maximum atomic E-state index is 11.8. The number of benzene rings is 1. The molecule has 5 heteroatoms. The third kappa shape index (κ3) is 2.67.